The second-order valence-corrected chi connectivity index (χ2v) is 5.76. The Kier molecular flexibility index (Phi) is 3.25. The molecule has 0 saturated heterocycles. The Morgan fingerprint density at radius 3 is 2.65 bits per heavy atom. The number of aliphatic hydroxyl groups excluding tert-OH is 1. The quantitative estimate of drug-likeness (QED) is 0.748. The molecular weight excluding hydrogens is 312 g/mol. The molecule has 2 heterocycles. The van der Waals surface area contributed by atoms with Gasteiger partial charge in [0.2, 0.25) is 6.23 Å². The summed E-state index contributed by atoms with van der Waals surface area (Å²) in [6, 6.07) is 15.3. The molecule has 0 fully saturated rings. The molecule has 0 radical (unpaired) electrons. The first-order valence-electron chi connectivity index (χ1n) is 7.18. The van der Waals surface area contributed by atoms with E-state index in [0.717, 1.165) is 16.8 Å². The fourth-order valence-corrected chi connectivity index (χ4v) is 2.98. The lowest BCUT2D eigenvalue weighted by molar-refractivity contribution is 0.177. The van der Waals surface area contributed by atoms with Gasteiger partial charge in [0, 0.05) is 16.1 Å². The number of aliphatic imine (C=N–C) groups is 1. The van der Waals surface area contributed by atoms with Gasteiger partial charge in [-0.1, -0.05) is 41.9 Å². The average Bonchev–Trinajstić information content (AvgIpc) is 2.89. The van der Waals surface area contributed by atoms with Crippen molar-refractivity contribution < 1.29 is 5.11 Å². The van der Waals surface area contributed by atoms with E-state index in [-0.39, 0.29) is 0 Å². The predicted molar refractivity (Wildman–Crippen MR) is 88.1 cm³/mol. The van der Waals surface area contributed by atoms with Crippen LogP contribution in [0, 0.1) is 6.92 Å². The molecule has 114 valence electrons. The zero-order valence-corrected chi connectivity index (χ0v) is 13.1. The van der Waals surface area contributed by atoms with Crippen LogP contribution in [0.4, 0.5) is 0 Å². The van der Waals surface area contributed by atoms with Crippen molar-refractivity contribution in [1.29, 1.82) is 0 Å². The maximum atomic E-state index is 10.5. The fourth-order valence-electron chi connectivity index (χ4n) is 2.81. The van der Waals surface area contributed by atoms with Gasteiger partial charge in [-0.05, 0) is 25.1 Å². The highest BCUT2D eigenvalue weighted by Gasteiger charge is 2.26. The van der Waals surface area contributed by atoms with Crippen LogP contribution >= 0.6 is 11.6 Å². The number of benzene rings is 2. The summed E-state index contributed by atoms with van der Waals surface area (Å²) in [5, 5.41) is 19.2. The third-order valence-electron chi connectivity index (χ3n) is 3.83. The molecule has 6 heteroatoms. The second-order valence-electron chi connectivity index (χ2n) is 5.32. The average molecular weight is 325 g/mol. The van der Waals surface area contributed by atoms with Crippen LogP contribution in [0.2, 0.25) is 5.02 Å². The van der Waals surface area contributed by atoms with E-state index in [1.54, 1.807) is 0 Å². The van der Waals surface area contributed by atoms with Crippen LogP contribution in [0.5, 0.6) is 0 Å². The summed E-state index contributed by atoms with van der Waals surface area (Å²) >= 11 is 6.20. The van der Waals surface area contributed by atoms with Crippen molar-refractivity contribution in [3.8, 4) is 5.69 Å². The van der Waals surface area contributed by atoms with Crippen molar-refractivity contribution in [3.63, 3.8) is 0 Å². The highest BCUT2D eigenvalue weighted by Crippen LogP contribution is 2.31. The number of fused-ring (bicyclic) bond motifs is 3. The molecule has 0 unspecified atom stereocenters. The lowest BCUT2D eigenvalue weighted by Crippen LogP contribution is -2.08. The van der Waals surface area contributed by atoms with Crippen LogP contribution in [0.15, 0.2) is 53.5 Å². The molecular formula is C17H13ClN4O. The molecule has 1 aliphatic heterocycles. The molecule has 5 nitrogen and oxygen atoms in total. The number of aromatic nitrogens is 3. The van der Waals surface area contributed by atoms with E-state index in [4.69, 9.17) is 11.6 Å². The first-order chi connectivity index (χ1) is 11.1. The van der Waals surface area contributed by atoms with Crippen molar-refractivity contribution in [1.82, 2.24) is 14.8 Å². The first kappa shape index (κ1) is 14.1. The fraction of sp³-hybridized carbons (Fsp3) is 0.118. The molecule has 1 aromatic heterocycles. The van der Waals surface area contributed by atoms with Crippen LogP contribution in [0.1, 0.15) is 29.0 Å². The Morgan fingerprint density at radius 2 is 1.87 bits per heavy atom. The number of hydrogen-bond donors (Lipinski definition) is 1. The Labute approximate surface area is 137 Å². The van der Waals surface area contributed by atoms with E-state index < -0.39 is 6.23 Å². The number of rotatable bonds is 1. The van der Waals surface area contributed by atoms with Gasteiger partial charge in [0.25, 0.3) is 0 Å². The van der Waals surface area contributed by atoms with E-state index in [1.165, 1.54) is 0 Å². The van der Waals surface area contributed by atoms with E-state index >= 15 is 0 Å². The molecule has 0 bridgehead atoms. The molecule has 2 aromatic carbocycles. The lowest BCUT2D eigenvalue weighted by atomic mass is 10.0. The van der Waals surface area contributed by atoms with Crippen molar-refractivity contribution in [3.05, 3.63) is 76.3 Å². The van der Waals surface area contributed by atoms with Gasteiger partial charge in [0.15, 0.2) is 5.82 Å². The summed E-state index contributed by atoms with van der Waals surface area (Å²) in [5.74, 6) is 1.09. The Morgan fingerprint density at radius 1 is 1.09 bits per heavy atom. The second kappa shape index (κ2) is 5.30. The summed E-state index contributed by atoms with van der Waals surface area (Å²) in [6.07, 6.45) is -1.09. The lowest BCUT2D eigenvalue weighted by Gasteiger charge is -2.12. The zero-order valence-electron chi connectivity index (χ0n) is 12.3. The molecule has 0 spiro atoms. The molecule has 0 aliphatic carbocycles. The SMILES string of the molecule is Cc1nnc2n1-c1ccc(Cl)cc1C(c1ccccc1)=N[C@@H]2O. The van der Waals surface area contributed by atoms with E-state index in [2.05, 4.69) is 15.2 Å². The van der Waals surface area contributed by atoms with Gasteiger partial charge < -0.3 is 5.11 Å². The van der Waals surface area contributed by atoms with Crippen LogP contribution in [-0.4, -0.2) is 25.6 Å². The topological polar surface area (TPSA) is 63.3 Å². The monoisotopic (exact) mass is 324 g/mol. The number of halogens is 1. The van der Waals surface area contributed by atoms with Gasteiger partial charge in [-0.3, -0.25) is 4.57 Å². The highest BCUT2D eigenvalue weighted by atomic mass is 35.5. The minimum atomic E-state index is -1.09. The molecule has 1 aliphatic rings. The smallest absolute Gasteiger partial charge is 0.207 e. The molecule has 0 saturated carbocycles. The number of hydrogen-bond acceptors (Lipinski definition) is 4. The first-order valence-corrected chi connectivity index (χ1v) is 7.56. The predicted octanol–water partition coefficient (Wildman–Crippen LogP) is 3.07. The van der Waals surface area contributed by atoms with E-state index in [1.807, 2.05) is 60.0 Å². The summed E-state index contributed by atoms with van der Waals surface area (Å²) in [6.45, 7) is 1.84. The van der Waals surface area contributed by atoms with Crippen molar-refractivity contribution in [2.75, 3.05) is 0 Å². The van der Waals surface area contributed by atoms with Gasteiger partial charge in [-0.25, -0.2) is 4.99 Å². The van der Waals surface area contributed by atoms with Gasteiger partial charge in [0.05, 0.1) is 11.4 Å². The summed E-state index contributed by atoms with van der Waals surface area (Å²) < 4.78 is 1.82. The summed E-state index contributed by atoms with van der Waals surface area (Å²) in [4.78, 5) is 4.47. The Bertz CT molecular complexity index is 918. The maximum absolute atomic E-state index is 10.5. The van der Waals surface area contributed by atoms with E-state index in [0.29, 0.717) is 22.4 Å². The summed E-state index contributed by atoms with van der Waals surface area (Å²) in [5.41, 5.74) is 3.28. The Balaban J connectivity index is 2.06. The molecule has 3 aromatic rings. The summed E-state index contributed by atoms with van der Waals surface area (Å²) in [7, 11) is 0. The minimum Gasteiger partial charge on any atom is -0.365 e. The molecule has 23 heavy (non-hydrogen) atoms. The van der Waals surface area contributed by atoms with Crippen LogP contribution < -0.4 is 0 Å². The van der Waals surface area contributed by atoms with Gasteiger partial charge in [-0.2, -0.15) is 0 Å². The van der Waals surface area contributed by atoms with Crippen LogP contribution in [0.25, 0.3) is 5.69 Å². The van der Waals surface area contributed by atoms with Gasteiger partial charge >= 0.3 is 0 Å². The van der Waals surface area contributed by atoms with Crippen molar-refractivity contribution in [2.45, 2.75) is 13.2 Å². The van der Waals surface area contributed by atoms with Crippen molar-refractivity contribution in [2.24, 2.45) is 4.99 Å². The third-order valence-corrected chi connectivity index (χ3v) is 4.07. The molecule has 4 rings (SSSR count). The minimum absolute atomic E-state index is 0.400. The normalized spacial score (nSPS) is 16.3. The van der Waals surface area contributed by atoms with Crippen LogP contribution in [-0.2, 0) is 0 Å². The zero-order chi connectivity index (χ0) is 16.0. The van der Waals surface area contributed by atoms with Gasteiger partial charge in [-0.15, -0.1) is 10.2 Å². The van der Waals surface area contributed by atoms with Gasteiger partial charge in [0.1, 0.15) is 5.82 Å². The number of aryl methyl sites for hydroxylation is 1. The standard InChI is InChI=1S/C17H13ClN4O/c1-10-20-21-16-17(23)19-15(11-5-3-2-4-6-11)13-9-12(18)7-8-14(13)22(10)16/h2-9,17,23H,1H3/t17-/m1/s1. The van der Waals surface area contributed by atoms with E-state index in [9.17, 15) is 5.11 Å². The maximum Gasteiger partial charge on any atom is 0.207 e. The molecule has 1 N–H and O–H groups in total. The highest BCUT2D eigenvalue weighted by molar-refractivity contribution is 6.31. The number of nitrogens with zero attached hydrogens (tertiary/aromatic N) is 4. The Hall–Kier alpha value is -2.50. The number of aliphatic hydroxyl groups is 1. The molecule has 0 amide bonds. The van der Waals surface area contributed by atoms with Crippen LogP contribution in [0.3, 0.4) is 0 Å². The third kappa shape index (κ3) is 2.25. The van der Waals surface area contributed by atoms with Crippen molar-refractivity contribution >= 4 is 17.3 Å². The largest absolute Gasteiger partial charge is 0.365 e. The molecule has 1 atom stereocenters.